The van der Waals surface area contributed by atoms with E-state index in [1.807, 2.05) is 17.0 Å². The van der Waals surface area contributed by atoms with Crippen LogP contribution in [0.25, 0.3) is 0 Å². The lowest BCUT2D eigenvalue weighted by Crippen LogP contribution is -2.37. The van der Waals surface area contributed by atoms with Gasteiger partial charge < -0.3 is 10.2 Å². The Morgan fingerprint density at radius 1 is 1.15 bits per heavy atom. The average molecular weight is 308 g/mol. The van der Waals surface area contributed by atoms with E-state index in [0.29, 0.717) is 19.6 Å². The molecule has 0 unspecified atom stereocenters. The van der Waals surface area contributed by atoms with Gasteiger partial charge >= 0.3 is 0 Å². The molecule has 108 valence electrons. The van der Waals surface area contributed by atoms with Crippen LogP contribution in [-0.2, 0) is 17.9 Å². The van der Waals surface area contributed by atoms with E-state index in [1.165, 1.54) is 9.75 Å². The number of nitrogens with zero attached hydrogens (tertiary/aromatic N) is 1. The molecule has 20 heavy (non-hydrogen) atoms. The van der Waals surface area contributed by atoms with Gasteiger partial charge in [-0.2, -0.15) is 0 Å². The van der Waals surface area contributed by atoms with Gasteiger partial charge in [-0.25, -0.2) is 0 Å². The second-order valence-corrected chi connectivity index (χ2v) is 6.65. The van der Waals surface area contributed by atoms with Gasteiger partial charge in [-0.15, -0.1) is 22.7 Å². The summed E-state index contributed by atoms with van der Waals surface area (Å²) in [6.45, 7) is 4.80. The zero-order valence-electron chi connectivity index (χ0n) is 11.7. The first-order chi connectivity index (χ1) is 9.79. The number of hydrogen-bond donors (Lipinski definition) is 1. The van der Waals surface area contributed by atoms with Gasteiger partial charge in [0.1, 0.15) is 0 Å². The van der Waals surface area contributed by atoms with Crippen LogP contribution >= 0.6 is 22.7 Å². The highest BCUT2D eigenvalue weighted by molar-refractivity contribution is 7.10. The predicted molar refractivity (Wildman–Crippen MR) is 86.1 cm³/mol. The maximum atomic E-state index is 12.3. The molecule has 1 N–H and O–H groups in total. The number of nitrogens with one attached hydrogen (secondary N) is 1. The molecule has 0 fully saturated rings. The molecule has 5 heteroatoms. The molecule has 0 aliphatic rings. The predicted octanol–water partition coefficient (Wildman–Crippen LogP) is 3.34. The molecule has 1 amide bonds. The van der Waals surface area contributed by atoms with E-state index in [2.05, 4.69) is 35.1 Å². The second-order valence-electron chi connectivity index (χ2n) is 4.59. The Labute approximate surface area is 128 Å². The van der Waals surface area contributed by atoms with E-state index in [4.69, 9.17) is 0 Å². The number of carbonyl (C=O) groups excluding carboxylic acids is 1. The van der Waals surface area contributed by atoms with E-state index in [1.54, 1.807) is 22.7 Å². The van der Waals surface area contributed by atoms with Gasteiger partial charge in [-0.05, 0) is 35.9 Å². The van der Waals surface area contributed by atoms with Crippen molar-refractivity contribution in [2.24, 2.45) is 0 Å². The summed E-state index contributed by atoms with van der Waals surface area (Å²) in [6.07, 6.45) is 1.04. The Bertz CT molecular complexity index is 458. The van der Waals surface area contributed by atoms with E-state index in [9.17, 15) is 4.79 Å². The second kappa shape index (κ2) is 8.19. The lowest BCUT2D eigenvalue weighted by Gasteiger charge is -2.21. The van der Waals surface area contributed by atoms with Crippen molar-refractivity contribution in [2.75, 3.05) is 13.1 Å². The Morgan fingerprint density at radius 2 is 1.75 bits per heavy atom. The molecular formula is C15H20N2OS2. The lowest BCUT2D eigenvalue weighted by atomic mass is 10.3. The van der Waals surface area contributed by atoms with Crippen molar-refractivity contribution in [3.63, 3.8) is 0 Å². The minimum Gasteiger partial charge on any atom is -0.331 e. The highest BCUT2D eigenvalue weighted by atomic mass is 32.1. The molecule has 2 heterocycles. The molecule has 0 spiro atoms. The molecule has 0 atom stereocenters. The summed E-state index contributed by atoms with van der Waals surface area (Å²) in [6, 6.07) is 8.23. The normalized spacial score (nSPS) is 10.7. The summed E-state index contributed by atoms with van der Waals surface area (Å²) in [4.78, 5) is 16.7. The van der Waals surface area contributed by atoms with Crippen LogP contribution in [0.15, 0.2) is 35.0 Å². The molecule has 0 radical (unpaired) electrons. The topological polar surface area (TPSA) is 32.3 Å². The van der Waals surface area contributed by atoms with Gasteiger partial charge in [-0.3, -0.25) is 4.79 Å². The van der Waals surface area contributed by atoms with Crippen molar-refractivity contribution in [1.29, 1.82) is 0 Å². The van der Waals surface area contributed by atoms with Crippen LogP contribution in [0.4, 0.5) is 0 Å². The Kier molecular flexibility index (Phi) is 6.24. The SMILES string of the molecule is CCCNCC(=O)N(Cc1cccs1)Cc1cccs1. The minimum absolute atomic E-state index is 0.167. The van der Waals surface area contributed by atoms with E-state index < -0.39 is 0 Å². The molecule has 2 rings (SSSR count). The fraction of sp³-hybridized carbons (Fsp3) is 0.400. The van der Waals surface area contributed by atoms with Crippen LogP contribution in [0, 0.1) is 0 Å². The van der Waals surface area contributed by atoms with Crippen molar-refractivity contribution >= 4 is 28.6 Å². The van der Waals surface area contributed by atoms with Crippen LogP contribution in [0.1, 0.15) is 23.1 Å². The minimum atomic E-state index is 0.167. The molecule has 3 nitrogen and oxygen atoms in total. The number of thiophene rings is 2. The molecule has 0 saturated heterocycles. The van der Waals surface area contributed by atoms with Crippen LogP contribution in [0.3, 0.4) is 0 Å². The summed E-state index contributed by atoms with van der Waals surface area (Å²) < 4.78 is 0. The zero-order chi connectivity index (χ0) is 14.2. The van der Waals surface area contributed by atoms with Gasteiger partial charge in [0.2, 0.25) is 5.91 Å². The largest absolute Gasteiger partial charge is 0.331 e. The van der Waals surface area contributed by atoms with Crippen molar-refractivity contribution in [3.05, 3.63) is 44.8 Å². The van der Waals surface area contributed by atoms with Gasteiger partial charge in [0.05, 0.1) is 19.6 Å². The molecule has 2 aromatic rings. The lowest BCUT2D eigenvalue weighted by molar-refractivity contribution is -0.131. The first-order valence-corrected chi connectivity index (χ1v) is 8.58. The van der Waals surface area contributed by atoms with Crippen molar-refractivity contribution in [3.8, 4) is 0 Å². The summed E-state index contributed by atoms with van der Waals surface area (Å²) >= 11 is 3.40. The maximum Gasteiger partial charge on any atom is 0.237 e. The summed E-state index contributed by atoms with van der Waals surface area (Å²) in [5.41, 5.74) is 0. The molecule has 0 bridgehead atoms. The maximum absolute atomic E-state index is 12.3. The van der Waals surface area contributed by atoms with Crippen LogP contribution in [0.5, 0.6) is 0 Å². The zero-order valence-corrected chi connectivity index (χ0v) is 13.3. The monoisotopic (exact) mass is 308 g/mol. The smallest absolute Gasteiger partial charge is 0.237 e. The molecular weight excluding hydrogens is 288 g/mol. The highest BCUT2D eigenvalue weighted by Gasteiger charge is 2.15. The molecule has 0 aromatic carbocycles. The van der Waals surface area contributed by atoms with Crippen LogP contribution < -0.4 is 5.32 Å². The average Bonchev–Trinajstić information content (AvgIpc) is 3.11. The fourth-order valence-electron chi connectivity index (χ4n) is 1.90. The van der Waals surface area contributed by atoms with Crippen LogP contribution in [-0.4, -0.2) is 23.9 Å². The summed E-state index contributed by atoms with van der Waals surface area (Å²) in [5.74, 6) is 0.167. The Hall–Kier alpha value is -1.17. The number of rotatable bonds is 8. The third-order valence-electron chi connectivity index (χ3n) is 2.91. The Balaban J connectivity index is 1.97. The van der Waals surface area contributed by atoms with Gasteiger partial charge in [0.15, 0.2) is 0 Å². The first kappa shape index (κ1) is 15.2. The van der Waals surface area contributed by atoms with Crippen LogP contribution in [0.2, 0.25) is 0 Å². The van der Waals surface area contributed by atoms with Gasteiger partial charge in [0, 0.05) is 9.75 Å². The molecule has 0 aliphatic heterocycles. The van der Waals surface area contributed by atoms with E-state index >= 15 is 0 Å². The fourth-order valence-corrected chi connectivity index (χ4v) is 3.34. The number of carbonyl (C=O) groups is 1. The van der Waals surface area contributed by atoms with Gasteiger partial charge in [-0.1, -0.05) is 19.1 Å². The summed E-state index contributed by atoms with van der Waals surface area (Å²) in [5, 5.41) is 7.30. The number of hydrogen-bond acceptors (Lipinski definition) is 4. The molecule has 0 aliphatic carbocycles. The Morgan fingerprint density at radius 3 is 2.20 bits per heavy atom. The number of amides is 1. The van der Waals surface area contributed by atoms with E-state index in [0.717, 1.165) is 13.0 Å². The van der Waals surface area contributed by atoms with Gasteiger partial charge in [0.25, 0.3) is 0 Å². The quantitative estimate of drug-likeness (QED) is 0.759. The van der Waals surface area contributed by atoms with E-state index in [-0.39, 0.29) is 5.91 Å². The third-order valence-corrected chi connectivity index (χ3v) is 4.63. The van der Waals surface area contributed by atoms with Crippen molar-refractivity contribution in [1.82, 2.24) is 10.2 Å². The summed E-state index contributed by atoms with van der Waals surface area (Å²) in [7, 11) is 0. The van der Waals surface area contributed by atoms with Crippen molar-refractivity contribution < 1.29 is 4.79 Å². The third kappa shape index (κ3) is 4.74. The highest BCUT2D eigenvalue weighted by Crippen LogP contribution is 2.17. The van der Waals surface area contributed by atoms with Crippen molar-refractivity contribution in [2.45, 2.75) is 26.4 Å². The first-order valence-electron chi connectivity index (χ1n) is 6.83. The molecule has 2 aromatic heterocycles. The standard InChI is InChI=1S/C15H20N2OS2/c1-2-7-16-10-15(18)17(11-13-5-3-8-19-13)12-14-6-4-9-20-14/h3-6,8-9,16H,2,7,10-12H2,1H3. The molecule has 0 saturated carbocycles.